The van der Waals surface area contributed by atoms with Gasteiger partial charge in [0.25, 0.3) is 0 Å². The Morgan fingerprint density at radius 1 is 1.21 bits per heavy atom. The van der Waals surface area contributed by atoms with Gasteiger partial charge in [-0.15, -0.1) is 23.2 Å². The Morgan fingerprint density at radius 3 is 2.69 bits per heavy atom. The number of aryl methyl sites for hydroxylation is 1. The number of nitrogens with zero attached hydrogens (tertiary/aromatic N) is 1. The summed E-state index contributed by atoms with van der Waals surface area (Å²) in [7, 11) is 0. The van der Waals surface area contributed by atoms with Crippen LogP contribution in [0.2, 0.25) is 0 Å². The minimum Gasteiger partial charge on any atom is -0.410 e. The van der Waals surface area contributed by atoms with E-state index in [2.05, 4.69) is 13.0 Å². The first-order chi connectivity index (χ1) is 14.0. The van der Waals surface area contributed by atoms with Crippen LogP contribution in [0.25, 0.3) is 0 Å². The monoisotopic (exact) mass is 439 g/mol. The van der Waals surface area contributed by atoms with E-state index in [4.69, 9.17) is 27.9 Å². The third-order valence-electron chi connectivity index (χ3n) is 7.82. The van der Waals surface area contributed by atoms with E-state index in [1.807, 2.05) is 12.1 Å². The maximum atomic E-state index is 12.4. The summed E-state index contributed by atoms with van der Waals surface area (Å²) in [5.74, 6) is 3.16. The van der Waals surface area contributed by atoms with Crippen LogP contribution in [0.5, 0.6) is 5.75 Å². The number of rotatable bonds is 5. The number of carbonyl (C=O) groups is 1. The highest BCUT2D eigenvalue weighted by molar-refractivity contribution is 6.18. The van der Waals surface area contributed by atoms with Crippen molar-refractivity contribution in [3.05, 3.63) is 29.3 Å². The summed E-state index contributed by atoms with van der Waals surface area (Å²) in [6, 6.07) is 6.13. The van der Waals surface area contributed by atoms with Crippen LogP contribution in [0, 0.1) is 17.3 Å². The van der Waals surface area contributed by atoms with Crippen LogP contribution < -0.4 is 4.74 Å². The Bertz CT molecular complexity index is 752. The highest BCUT2D eigenvalue weighted by Crippen LogP contribution is 2.60. The number of aliphatic hydroxyl groups is 1. The minimum absolute atomic E-state index is 0.0996. The van der Waals surface area contributed by atoms with Gasteiger partial charge in [0.05, 0.1) is 6.10 Å². The van der Waals surface area contributed by atoms with E-state index in [0.717, 1.165) is 38.5 Å². The second kappa shape index (κ2) is 8.64. The molecule has 0 spiro atoms. The summed E-state index contributed by atoms with van der Waals surface area (Å²) in [5, 5.41) is 10.5. The van der Waals surface area contributed by atoms with Crippen LogP contribution in [0.3, 0.4) is 0 Å². The molecule has 3 aliphatic carbocycles. The normalized spacial score (nSPS) is 32.8. The molecule has 1 N–H and O–H groups in total. The number of carbonyl (C=O) groups excluding carboxylic acids is 1. The lowest BCUT2D eigenvalue weighted by Crippen LogP contribution is -2.43. The highest BCUT2D eigenvalue weighted by Gasteiger charge is 2.54. The van der Waals surface area contributed by atoms with E-state index in [9.17, 15) is 9.90 Å². The number of hydrogen-bond acceptors (Lipinski definition) is 3. The molecule has 2 fully saturated rings. The van der Waals surface area contributed by atoms with Gasteiger partial charge in [-0.3, -0.25) is 0 Å². The van der Waals surface area contributed by atoms with E-state index in [1.165, 1.54) is 11.1 Å². The first kappa shape index (κ1) is 21.3. The van der Waals surface area contributed by atoms with E-state index < -0.39 is 6.09 Å². The van der Waals surface area contributed by atoms with Crippen molar-refractivity contribution in [2.24, 2.45) is 17.3 Å². The molecule has 29 heavy (non-hydrogen) atoms. The zero-order valence-electron chi connectivity index (χ0n) is 17.1. The summed E-state index contributed by atoms with van der Waals surface area (Å²) in [5.41, 5.74) is 2.82. The van der Waals surface area contributed by atoms with Crippen LogP contribution in [0.4, 0.5) is 4.79 Å². The number of halogens is 2. The Hall–Kier alpha value is -0.970. The van der Waals surface area contributed by atoms with Gasteiger partial charge in [-0.1, -0.05) is 13.0 Å². The van der Waals surface area contributed by atoms with Gasteiger partial charge in [-0.2, -0.15) is 0 Å². The average Bonchev–Trinajstić information content (AvgIpc) is 3.02. The second-order valence-electron chi connectivity index (χ2n) is 9.15. The van der Waals surface area contributed by atoms with Crippen molar-refractivity contribution in [1.82, 2.24) is 4.90 Å². The fourth-order valence-corrected chi connectivity index (χ4v) is 6.67. The second-order valence-corrected chi connectivity index (χ2v) is 9.90. The van der Waals surface area contributed by atoms with Crippen molar-refractivity contribution in [3.8, 4) is 5.75 Å². The summed E-state index contributed by atoms with van der Waals surface area (Å²) in [6.07, 6.45) is 5.98. The van der Waals surface area contributed by atoms with Crippen molar-refractivity contribution in [2.45, 2.75) is 57.5 Å². The summed E-state index contributed by atoms with van der Waals surface area (Å²) >= 11 is 11.6. The maximum Gasteiger partial charge on any atom is 0.415 e. The van der Waals surface area contributed by atoms with Crippen molar-refractivity contribution in [1.29, 1.82) is 0 Å². The predicted molar refractivity (Wildman–Crippen MR) is 116 cm³/mol. The molecule has 6 heteroatoms. The van der Waals surface area contributed by atoms with Gasteiger partial charge in [0.1, 0.15) is 5.75 Å². The fraction of sp³-hybridized carbons (Fsp3) is 0.696. The van der Waals surface area contributed by atoms with E-state index >= 15 is 0 Å². The van der Waals surface area contributed by atoms with Crippen LogP contribution in [0.1, 0.15) is 56.1 Å². The largest absolute Gasteiger partial charge is 0.415 e. The van der Waals surface area contributed by atoms with Gasteiger partial charge in [-0.25, -0.2) is 4.79 Å². The lowest BCUT2D eigenvalue weighted by molar-refractivity contribution is -0.0226. The summed E-state index contributed by atoms with van der Waals surface area (Å²) < 4.78 is 5.62. The Kier molecular flexibility index (Phi) is 6.34. The van der Waals surface area contributed by atoms with Gasteiger partial charge in [0.2, 0.25) is 0 Å². The van der Waals surface area contributed by atoms with E-state index in [0.29, 0.717) is 48.4 Å². The van der Waals surface area contributed by atoms with Gasteiger partial charge in [-0.05, 0) is 85.0 Å². The van der Waals surface area contributed by atoms with Gasteiger partial charge >= 0.3 is 6.09 Å². The zero-order valence-corrected chi connectivity index (χ0v) is 18.6. The van der Waals surface area contributed by atoms with Crippen molar-refractivity contribution >= 4 is 29.3 Å². The first-order valence-electron chi connectivity index (χ1n) is 10.9. The average molecular weight is 440 g/mol. The van der Waals surface area contributed by atoms with E-state index in [1.54, 1.807) is 4.90 Å². The molecule has 3 aliphatic rings. The van der Waals surface area contributed by atoms with Crippen LogP contribution >= 0.6 is 23.2 Å². The highest BCUT2D eigenvalue weighted by atomic mass is 35.5. The van der Waals surface area contributed by atoms with Crippen LogP contribution in [0.15, 0.2) is 18.2 Å². The number of amides is 1. The molecule has 1 aromatic rings. The Balaban J connectivity index is 1.49. The predicted octanol–water partition coefficient (Wildman–Crippen LogP) is 5.18. The smallest absolute Gasteiger partial charge is 0.410 e. The number of aliphatic hydroxyl groups excluding tert-OH is 1. The molecule has 1 aromatic carbocycles. The molecule has 1 amide bonds. The summed E-state index contributed by atoms with van der Waals surface area (Å²) in [4.78, 5) is 14.0. The molecular formula is C23H31Cl2NO3. The number of benzene rings is 1. The standard InChI is InChI=1S/C23H31Cl2NO3/c1-23-9-8-18-17-5-3-16(29-22(28)26(12-10-24)13-11-25)14-15(17)2-4-19(18)20(23)6-7-21(23)27/h3,5,14,18-21,27H,2,4,6-13H2,1H3/t18?,19?,20?,21-,23-/m0/s1. The topological polar surface area (TPSA) is 49.8 Å². The molecule has 0 bridgehead atoms. The lowest BCUT2D eigenvalue weighted by atomic mass is 9.55. The molecule has 0 aliphatic heterocycles. The molecular weight excluding hydrogens is 409 g/mol. The molecule has 0 radical (unpaired) electrons. The maximum absolute atomic E-state index is 12.4. The molecule has 4 rings (SSSR count). The van der Waals surface area contributed by atoms with Gasteiger partial charge in [0.15, 0.2) is 0 Å². The van der Waals surface area contributed by atoms with Crippen molar-refractivity contribution in [3.63, 3.8) is 0 Å². The van der Waals surface area contributed by atoms with Gasteiger partial charge < -0.3 is 14.7 Å². The number of fused-ring (bicyclic) bond motifs is 5. The third-order valence-corrected chi connectivity index (χ3v) is 8.16. The lowest BCUT2D eigenvalue weighted by Gasteiger charge is -2.50. The van der Waals surface area contributed by atoms with Crippen molar-refractivity contribution in [2.75, 3.05) is 24.8 Å². The third kappa shape index (κ3) is 3.88. The molecule has 3 unspecified atom stereocenters. The number of alkyl halides is 2. The van der Waals surface area contributed by atoms with Gasteiger partial charge in [0, 0.05) is 24.8 Å². The zero-order chi connectivity index (χ0) is 20.6. The molecule has 160 valence electrons. The number of hydrogen-bond donors (Lipinski definition) is 1. The molecule has 0 aromatic heterocycles. The van der Waals surface area contributed by atoms with Crippen LogP contribution in [-0.2, 0) is 6.42 Å². The summed E-state index contributed by atoms with van der Waals surface area (Å²) in [6.45, 7) is 3.15. The quantitative estimate of drug-likeness (QED) is 0.642. The molecule has 2 saturated carbocycles. The van der Waals surface area contributed by atoms with Crippen molar-refractivity contribution < 1.29 is 14.6 Å². The fourth-order valence-electron chi connectivity index (χ4n) is 6.26. The minimum atomic E-state index is -0.395. The molecule has 0 heterocycles. The van der Waals surface area contributed by atoms with E-state index in [-0.39, 0.29) is 11.5 Å². The SMILES string of the molecule is C[C@]12CCC3c4ccc(OC(=O)N(CCCl)CCCl)cc4CCC3C1CC[C@@H]2O. The number of ether oxygens (including phenoxy) is 1. The molecule has 4 nitrogen and oxygen atoms in total. The molecule has 5 atom stereocenters. The Labute approximate surface area is 183 Å². The Morgan fingerprint density at radius 2 is 1.97 bits per heavy atom. The first-order valence-corrected chi connectivity index (χ1v) is 11.9. The van der Waals surface area contributed by atoms with Crippen LogP contribution in [-0.4, -0.2) is 47.1 Å². The molecule has 0 saturated heterocycles.